The number of aromatic nitrogens is 2. The molecule has 1 atom stereocenters. The van der Waals surface area contributed by atoms with Crippen molar-refractivity contribution in [3.63, 3.8) is 0 Å². The Hall–Kier alpha value is -2.31. The zero-order chi connectivity index (χ0) is 13.8. The molecule has 0 spiro atoms. The number of carbonyl (C=O) groups is 1. The second-order valence-electron chi connectivity index (χ2n) is 4.00. The van der Waals surface area contributed by atoms with Gasteiger partial charge in [-0.05, 0) is 24.6 Å². The molecule has 1 aromatic heterocycles. The molecular weight excluding hydrogens is 256 g/mol. The van der Waals surface area contributed by atoms with E-state index in [1.165, 1.54) is 6.07 Å². The van der Waals surface area contributed by atoms with E-state index in [2.05, 4.69) is 20.0 Å². The lowest BCUT2D eigenvalue weighted by atomic mass is 10.1. The number of amides is 1. The van der Waals surface area contributed by atoms with Crippen LogP contribution in [0.4, 0.5) is 8.78 Å². The van der Waals surface area contributed by atoms with Crippen molar-refractivity contribution in [3.8, 4) is 0 Å². The maximum atomic E-state index is 13.0. The Kier molecular flexibility index (Phi) is 3.84. The van der Waals surface area contributed by atoms with Crippen molar-refractivity contribution in [1.29, 1.82) is 0 Å². The fourth-order valence-electron chi connectivity index (χ4n) is 1.56. The molecule has 1 heterocycles. The van der Waals surface area contributed by atoms with Gasteiger partial charge in [-0.15, -0.1) is 0 Å². The van der Waals surface area contributed by atoms with E-state index in [1.807, 2.05) is 0 Å². The smallest absolute Gasteiger partial charge is 0.225 e. The maximum Gasteiger partial charge on any atom is 0.225 e. The van der Waals surface area contributed by atoms with E-state index in [0.29, 0.717) is 11.4 Å². The van der Waals surface area contributed by atoms with E-state index in [1.54, 1.807) is 6.92 Å². The van der Waals surface area contributed by atoms with Crippen LogP contribution in [0.2, 0.25) is 0 Å². The number of hydrogen-bond donors (Lipinski definition) is 1. The summed E-state index contributed by atoms with van der Waals surface area (Å²) in [6, 6.07) is 2.92. The summed E-state index contributed by atoms with van der Waals surface area (Å²) in [5.74, 6) is -1.91. The van der Waals surface area contributed by atoms with Gasteiger partial charge in [0.25, 0.3) is 0 Å². The van der Waals surface area contributed by atoms with E-state index < -0.39 is 17.7 Å². The lowest BCUT2D eigenvalue weighted by Gasteiger charge is -2.10. The molecule has 1 amide bonds. The number of hydrogen-bond acceptors (Lipinski definition) is 4. The van der Waals surface area contributed by atoms with Crippen LogP contribution in [-0.4, -0.2) is 16.0 Å². The Balaban J connectivity index is 1.95. The number of nitrogens with zero attached hydrogens (tertiary/aromatic N) is 2. The molecule has 0 bridgehead atoms. The van der Waals surface area contributed by atoms with Crippen molar-refractivity contribution in [3.05, 3.63) is 47.6 Å². The molecule has 2 rings (SSSR count). The average Bonchev–Trinajstić information content (AvgIpc) is 2.87. The fraction of sp³-hybridized carbons (Fsp3) is 0.250. The minimum Gasteiger partial charge on any atom is -0.346 e. The topological polar surface area (TPSA) is 68.0 Å². The Bertz CT molecular complexity index is 572. The first kappa shape index (κ1) is 13.1. The van der Waals surface area contributed by atoms with Gasteiger partial charge in [0.1, 0.15) is 0 Å². The standard InChI is InChI=1S/C12H11F2N3O2/c1-7(12-15-6-19-17-12)16-11(18)5-8-2-3-9(13)10(14)4-8/h2-4,6-7H,5H2,1H3,(H,16,18)/t7-/m1/s1. The summed E-state index contributed by atoms with van der Waals surface area (Å²) >= 11 is 0. The van der Waals surface area contributed by atoms with Crippen LogP contribution in [0, 0.1) is 11.6 Å². The predicted molar refractivity (Wildman–Crippen MR) is 60.9 cm³/mol. The summed E-state index contributed by atoms with van der Waals surface area (Å²) in [7, 11) is 0. The number of nitrogens with one attached hydrogen (secondary N) is 1. The largest absolute Gasteiger partial charge is 0.346 e. The van der Waals surface area contributed by atoms with Crippen LogP contribution in [0.3, 0.4) is 0 Å². The van der Waals surface area contributed by atoms with Gasteiger partial charge in [-0.1, -0.05) is 11.2 Å². The van der Waals surface area contributed by atoms with E-state index in [4.69, 9.17) is 0 Å². The average molecular weight is 267 g/mol. The van der Waals surface area contributed by atoms with Crippen LogP contribution in [0.25, 0.3) is 0 Å². The number of halogens is 2. The molecule has 7 heteroatoms. The van der Waals surface area contributed by atoms with E-state index in [0.717, 1.165) is 18.5 Å². The van der Waals surface area contributed by atoms with Crippen molar-refractivity contribution in [2.24, 2.45) is 0 Å². The van der Waals surface area contributed by atoms with Crippen LogP contribution in [-0.2, 0) is 11.2 Å². The zero-order valence-corrected chi connectivity index (χ0v) is 10.1. The van der Waals surface area contributed by atoms with E-state index >= 15 is 0 Å². The van der Waals surface area contributed by atoms with E-state index in [-0.39, 0.29) is 12.3 Å². The first-order chi connectivity index (χ1) is 9.06. The number of benzene rings is 1. The van der Waals surface area contributed by atoms with Gasteiger partial charge in [-0.2, -0.15) is 4.98 Å². The summed E-state index contributed by atoms with van der Waals surface area (Å²) in [6.45, 7) is 1.69. The highest BCUT2D eigenvalue weighted by Crippen LogP contribution is 2.10. The molecule has 19 heavy (non-hydrogen) atoms. The molecule has 0 aliphatic carbocycles. The molecule has 0 radical (unpaired) electrons. The van der Waals surface area contributed by atoms with Crippen LogP contribution in [0.1, 0.15) is 24.4 Å². The van der Waals surface area contributed by atoms with Crippen LogP contribution < -0.4 is 5.32 Å². The first-order valence-corrected chi connectivity index (χ1v) is 5.56. The van der Waals surface area contributed by atoms with Gasteiger partial charge in [0, 0.05) is 0 Å². The molecule has 1 aromatic carbocycles. The lowest BCUT2D eigenvalue weighted by Crippen LogP contribution is -2.28. The van der Waals surface area contributed by atoms with Crippen molar-refractivity contribution in [2.75, 3.05) is 0 Å². The summed E-state index contributed by atoms with van der Waals surface area (Å²) in [4.78, 5) is 15.5. The second kappa shape index (κ2) is 5.55. The summed E-state index contributed by atoms with van der Waals surface area (Å²) in [5.41, 5.74) is 0.386. The third-order valence-corrected chi connectivity index (χ3v) is 2.49. The summed E-state index contributed by atoms with van der Waals surface area (Å²) in [6.07, 6.45) is 1.10. The highest BCUT2D eigenvalue weighted by molar-refractivity contribution is 5.78. The number of carbonyl (C=O) groups excluding carboxylic acids is 1. The first-order valence-electron chi connectivity index (χ1n) is 5.56. The van der Waals surface area contributed by atoms with Gasteiger partial charge < -0.3 is 9.84 Å². The van der Waals surface area contributed by atoms with Gasteiger partial charge in [-0.25, -0.2) is 8.78 Å². The third kappa shape index (κ3) is 3.34. The predicted octanol–water partition coefficient (Wildman–Crippen LogP) is 1.77. The Morgan fingerprint density at radius 2 is 2.21 bits per heavy atom. The van der Waals surface area contributed by atoms with Crippen LogP contribution in [0.15, 0.2) is 29.1 Å². The Labute approximate surface area is 107 Å². The third-order valence-electron chi connectivity index (χ3n) is 2.49. The van der Waals surface area contributed by atoms with Gasteiger partial charge in [0.15, 0.2) is 17.5 Å². The minimum absolute atomic E-state index is 0.0562. The highest BCUT2D eigenvalue weighted by Gasteiger charge is 2.14. The lowest BCUT2D eigenvalue weighted by molar-refractivity contribution is -0.121. The molecule has 2 aromatic rings. The molecule has 0 fully saturated rings. The second-order valence-corrected chi connectivity index (χ2v) is 4.00. The molecular formula is C12H11F2N3O2. The quantitative estimate of drug-likeness (QED) is 0.916. The molecule has 0 aliphatic rings. The Morgan fingerprint density at radius 1 is 1.42 bits per heavy atom. The molecule has 5 nitrogen and oxygen atoms in total. The zero-order valence-electron chi connectivity index (χ0n) is 10.1. The SMILES string of the molecule is C[C@@H](NC(=O)Cc1ccc(F)c(F)c1)c1ncon1. The normalized spacial score (nSPS) is 12.2. The van der Waals surface area contributed by atoms with E-state index in [9.17, 15) is 13.6 Å². The Morgan fingerprint density at radius 3 is 2.84 bits per heavy atom. The monoisotopic (exact) mass is 267 g/mol. The maximum absolute atomic E-state index is 13.0. The van der Waals surface area contributed by atoms with Crippen molar-refractivity contribution < 1.29 is 18.1 Å². The molecule has 0 aliphatic heterocycles. The minimum atomic E-state index is -0.975. The molecule has 0 saturated heterocycles. The van der Waals surface area contributed by atoms with Gasteiger partial charge in [-0.3, -0.25) is 4.79 Å². The molecule has 1 N–H and O–H groups in total. The molecule has 0 unspecified atom stereocenters. The van der Waals surface area contributed by atoms with Crippen LogP contribution >= 0.6 is 0 Å². The fourth-order valence-corrected chi connectivity index (χ4v) is 1.56. The van der Waals surface area contributed by atoms with Gasteiger partial charge in [0.05, 0.1) is 12.5 Å². The van der Waals surface area contributed by atoms with Crippen molar-refractivity contribution in [1.82, 2.24) is 15.5 Å². The highest BCUT2D eigenvalue weighted by atomic mass is 19.2. The molecule has 100 valence electrons. The number of rotatable bonds is 4. The van der Waals surface area contributed by atoms with Crippen LogP contribution in [0.5, 0.6) is 0 Å². The summed E-state index contributed by atoms with van der Waals surface area (Å²) in [5, 5.41) is 6.22. The van der Waals surface area contributed by atoms with Gasteiger partial charge in [0.2, 0.25) is 12.3 Å². The molecule has 0 saturated carbocycles. The van der Waals surface area contributed by atoms with Gasteiger partial charge >= 0.3 is 0 Å². The van der Waals surface area contributed by atoms with Crippen molar-refractivity contribution >= 4 is 5.91 Å². The van der Waals surface area contributed by atoms with Crippen molar-refractivity contribution in [2.45, 2.75) is 19.4 Å². The summed E-state index contributed by atoms with van der Waals surface area (Å²) < 4.78 is 30.3.